The quantitative estimate of drug-likeness (QED) is 0.635. The molecule has 2 rings (SSSR count). The van der Waals surface area contributed by atoms with E-state index in [1.807, 2.05) is 0 Å². The summed E-state index contributed by atoms with van der Waals surface area (Å²) in [5.74, 6) is 0. The third kappa shape index (κ3) is 3.81. The van der Waals surface area contributed by atoms with E-state index in [0.717, 1.165) is 12.1 Å². The number of halogens is 1. The molecule has 22 heavy (non-hydrogen) atoms. The van der Waals surface area contributed by atoms with E-state index in [-0.39, 0.29) is 5.02 Å². The summed E-state index contributed by atoms with van der Waals surface area (Å²) < 4.78 is 28.6. The normalized spacial score (nSPS) is 13.0. The number of nitrogens with one attached hydrogen (secondary N) is 1. The lowest BCUT2D eigenvalue weighted by atomic mass is 10.3. The molecule has 0 spiro atoms. The number of sulfonamides is 1. The van der Waals surface area contributed by atoms with Gasteiger partial charge >= 0.3 is 0 Å². The lowest BCUT2D eigenvalue weighted by Crippen LogP contribution is -2.36. The first-order chi connectivity index (χ1) is 10.3. The first-order valence-electron chi connectivity index (χ1n) is 6.23. The summed E-state index contributed by atoms with van der Waals surface area (Å²) >= 11 is 5.68. The van der Waals surface area contributed by atoms with Crippen molar-refractivity contribution < 1.29 is 13.3 Å². The highest BCUT2D eigenvalue weighted by Crippen LogP contribution is 2.27. The molecule has 0 radical (unpaired) electrons. The van der Waals surface area contributed by atoms with Crippen molar-refractivity contribution in [2.45, 2.75) is 24.4 Å². The molecule has 1 aromatic carbocycles. The summed E-state index contributed by atoms with van der Waals surface area (Å²) in [5, 5.41) is 15.1. The maximum atomic E-state index is 12.3. The minimum absolute atomic E-state index is 0.0928. The molecule has 0 unspecified atom stereocenters. The Morgan fingerprint density at radius 1 is 1.50 bits per heavy atom. The molecule has 0 saturated heterocycles. The predicted molar refractivity (Wildman–Crippen MR) is 80.1 cm³/mol. The van der Waals surface area contributed by atoms with Gasteiger partial charge in [0.25, 0.3) is 5.69 Å². The molecule has 0 saturated carbocycles. The van der Waals surface area contributed by atoms with Crippen LogP contribution in [0.25, 0.3) is 0 Å². The van der Waals surface area contributed by atoms with E-state index in [1.165, 1.54) is 6.07 Å². The van der Waals surface area contributed by atoms with E-state index < -0.39 is 31.6 Å². The van der Waals surface area contributed by atoms with E-state index in [2.05, 4.69) is 9.82 Å². The molecular formula is C12H13ClN4O4S. The van der Waals surface area contributed by atoms with Crippen LogP contribution in [-0.4, -0.2) is 29.2 Å². The van der Waals surface area contributed by atoms with E-state index in [0.29, 0.717) is 6.54 Å². The highest BCUT2D eigenvalue weighted by molar-refractivity contribution is 7.89. The van der Waals surface area contributed by atoms with Gasteiger partial charge < -0.3 is 0 Å². The summed E-state index contributed by atoms with van der Waals surface area (Å²) in [6.07, 6.45) is 3.26. The summed E-state index contributed by atoms with van der Waals surface area (Å²) in [4.78, 5) is 9.80. The Balaban J connectivity index is 2.25. The zero-order valence-electron chi connectivity index (χ0n) is 11.5. The first kappa shape index (κ1) is 16.4. The number of rotatable bonds is 6. The van der Waals surface area contributed by atoms with Gasteiger partial charge in [-0.25, -0.2) is 13.1 Å². The van der Waals surface area contributed by atoms with E-state index in [4.69, 9.17) is 11.6 Å². The second-order valence-corrected chi connectivity index (χ2v) is 6.74. The molecule has 118 valence electrons. The summed E-state index contributed by atoms with van der Waals surface area (Å²) in [7, 11) is -4.05. The molecule has 0 amide bonds. The molecule has 0 aliphatic carbocycles. The van der Waals surface area contributed by atoms with Crippen molar-refractivity contribution in [3.05, 3.63) is 51.8 Å². The zero-order valence-corrected chi connectivity index (χ0v) is 13.1. The van der Waals surface area contributed by atoms with Crippen LogP contribution < -0.4 is 4.72 Å². The number of hydrogen-bond donors (Lipinski definition) is 1. The second kappa shape index (κ2) is 6.42. The predicted octanol–water partition coefficient (Wildman–Crippen LogP) is 1.81. The standard InChI is InChI=1S/C12H13ClN4O4S/c1-9(8-16-6-2-5-14-16)15-22(20,21)12-4-3-10(13)7-11(12)17(18)19/h2-7,9,15H,8H2,1H3/t9-/m0/s1. The van der Waals surface area contributed by atoms with Gasteiger partial charge in [-0.15, -0.1) is 0 Å². The van der Waals surface area contributed by atoms with Gasteiger partial charge in [-0.3, -0.25) is 14.8 Å². The van der Waals surface area contributed by atoms with Gasteiger partial charge in [0, 0.05) is 29.5 Å². The van der Waals surface area contributed by atoms with Gasteiger partial charge in [-0.2, -0.15) is 5.10 Å². The topological polar surface area (TPSA) is 107 Å². The maximum absolute atomic E-state index is 12.3. The van der Waals surface area contributed by atoms with Crippen LogP contribution in [0.15, 0.2) is 41.6 Å². The Labute approximate surface area is 131 Å². The lowest BCUT2D eigenvalue weighted by Gasteiger charge is -2.14. The molecule has 1 atom stereocenters. The zero-order chi connectivity index (χ0) is 16.3. The number of hydrogen-bond acceptors (Lipinski definition) is 5. The van der Waals surface area contributed by atoms with Crippen LogP contribution in [0.1, 0.15) is 6.92 Å². The van der Waals surface area contributed by atoms with Crippen molar-refractivity contribution in [1.82, 2.24) is 14.5 Å². The summed E-state index contributed by atoms with van der Waals surface area (Å²) in [5.41, 5.74) is -0.564. The van der Waals surface area contributed by atoms with Crippen LogP contribution in [0.5, 0.6) is 0 Å². The van der Waals surface area contributed by atoms with Crippen molar-refractivity contribution in [3.8, 4) is 0 Å². The van der Waals surface area contributed by atoms with Crippen LogP contribution in [0.4, 0.5) is 5.69 Å². The van der Waals surface area contributed by atoms with Gasteiger partial charge in [0.05, 0.1) is 11.5 Å². The fourth-order valence-corrected chi connectivity index (χ4v) is 3.47. The smallest absolute Gasteiger partial charge is 0.271 e. The Morgan fingerprint density at radius 3 is 2.82 bits per heavy atom. The minimum Gasteiger partial charge on any atom is -0.271 e. The monoisotopic (exact) mass is 344 g/mol. The van der Waals surface area contributed by atoms with Gasteiger partial charge in [0.1, 0.15) is 0 Å². The van der Waals surface area contributed by atoms with Gasteiger partial charge in [0.2, 0.25) is 10.0 Å². The van der Waals surface area contributed by atoms with E-state index >= 15 is 0 Å². The molecule has 0 aliphatic rings. The SMILES string of the molecule is C[C@@H](Cn1cccn1)NS(=O)(=O)c1ccc(Cl)cc1[N+](=O)[O-]. The average Bonchev–Trinajstić information content (AvgIpc) is 2.90. The highest BCUT2D eigenvalue weighted by atomic mass is 35.5. The molecule has 8 nitrogen and oxygen atoms in total. The molecule has 2 aromatic rings. The highest BCUT2D eigenvalue weighted by Gasteiger charge is 2.27. The number of benzene rings is 1. The van der Waals surface area contributed by atoms with Crippen LogP contribution in [0.2, 0.25) is 5.02 Å². The van der Waals surface area contributed by atoms with Crippen molar-refractivity contribution in [2.24, 2.45) is 0 Å². The van der Waals surface area contributed by atoms with Crippen molar-refractivity contribution >= 4 is 27.3 Å². The molecule has 1 aromatic heterocycles. The van der Waals surface area contributed by atoms with Crippen LogP contribution >= 0.6 is 11.6 Å². The second-order valence-electron chi connectivity index (χ2n) is 4.62. The number of aromatic nitrogens is 2. The van der Waals surface area contributed by atoms with Gasteiger partial charge in [0.15, 0.2) is 4.90 Å². The van der Waals surface area contributed by atoms with Crippen LogP contribution in [-0.2, 0) is 16.6 Å². The average molecular weight is 345 g/mol. The summed E-state index contributed by atoms with van der Waals surface area (Å²) in [6.45, 7) is 1.94. The fourth-order valence-electron chi connectivity index (χ4n) is 1.92. The largest absolute Gasteiger partial charge is 0.290 e. The Kier molecular flexibility index (Phi) is 4.79. The molecule has 0 aliphatic heterocycles. The number of nitro benzene ring substituents is 1. The number of nitrogens with zero attached hydrogens (tertiary/aromatic N) is 3. The minimum atomic E-state index is -4.05. The van der Waals surface area contributed by atoms with Crippen molar-refractivity contribution in [1.29, 1.82) is 0 Å². The Hall–Kier alpha value is -1.97. The fraction of sp³-hybridized carbons (Fsp3) is 0.250. The molecule has 10 heteroatoms. The van der Waals surface area contributed by atoms with Crippen molar-refractivity contribution in [2.75, 3.05) is 0 Å². The van der Waals surface area contributed by atoms with Gasteiger partial charge in [-0.05, 0) is 25.1 Å². The number of nitro groups is 1. The maximum Gasteiger partial charge on any atom is 0.290 e. The van der Waals surface area contributed by atoms with Crippen LogP contribution in [0, 0.1) is 10.1 Å². The molecule has 0 fully saturated rings. The summed E-state index contributed by atoms with van der Waals surface area (Å²) in [6, 6.07) is 4.63. The Morgan fingerprint density at radius 2 is 2.23 bits per heavy atom. The molecule has 1 N–H and O–H groups in total. The van der Waals surface area contributed by atoms with Gasteiger partial charge in [-0.1, -0.05) is 11.6 Å². The third-order valence-electron chi connectivity index (χ3n) is 2.78. The third-order valence-corrected chi connectivity index (χ3v) is 4.66. The first-order valence-corrected chi connectivity index (χ1v) is 8.09. The van der Waals surface area contributed by atoms with Crippen LogP contribution in [0.3, 0.4) is 0 Å². The van der Waals surface area contributed by atoms with Crippen molar-refractivity contribution in [3.63, 3.8) is 0 Å². The van der Waals surface area contributed by atoms with E-state index in [9.17, 15) is 18.5 Å². The Bertz CT molecular complexity index is 776. The molecule has 1 heterocycles. The lowest BCUT2D eigenvalue weighted by molar-refractivity contribution is -0.387. The molecular weight excluding hydrogens is 332 g/mol. The van der Waals surface area contributed by atoms with E-state index in [1.54, 1.807) is 30.1 Å². The molecule has 0 bridgehead atoms.